The van der Waals surface area contributed by atoms with E-state index in [0.29, 0.717) is 19.6 Å². The van der Waals surface area contributed by atoms with Gasteiger partial charge in [-0.15, -0.1) is 0 Å². The molecule has 0 radical (unpaired) electrons. The molecule has 6 nitrogen and oxygen atoms in total. The SMILES string of the molecule is CCOC(=O)/C=C/C(C)=C/[C@H](C[C@@H]1COC(C)(C)O1)OCOC. The van der Waals surface area contributed by atoms with Gasteiger partial charge < -0.3 is 23.7 Å². The molecule has 1 aliphatic heterocycles. The highest BCUT2D eigenvalue weighted by atomic mass is 16.7. The van der Waals surface area contributed by atoms with Crippen LogP contribution in [0.15, 0.2) is 23.8 Å². The zero-order chi connectivity index (χ0) is 17.3. The monoisotopic (exact) mass is 328 g/mol. The first-order valence-corrected chi connectivity index (χ1v) is 7.82. The quantitative estimate of drug-likeness (QED) is 0.281. The van der Waals surface area contributed by atoms with E-state index in [1.54, 1.807) is 20.1 Å². The molecule has 0 spiro atoms. The second kappa shape index (κ2) is 9.82. The van der Waals surface area contributed by atoms with Crippen molar-refractivity contribution in [3.63, 3.8) is 0 Å². The Balaban J connectivity index is 2.62. The average molecular weight is 328 g/mol. The lowest BCUT2D eigenvalue weighted by molar-refractivity contribution is -0.144. The minimum atomic E-state index is -0.557. The van der Waals surface area contributed by atoms with Gasteiger partial charge in [-0.25, -0.2) is 4.79 Å². The Morgan fingerprint density at radius 1 is 1.39 bits per heavy atom. The van der Waals surface area contributed by atoms with Crippen LogP contribution in [0.1, 0.15) is 34.1 Å². The predicted molar refractivity (Wildman–Crippen MR) is 85.8 cm³/mol. The number of allylic oxidation sites excluding steroid dienone is 2. The number of methoxy groups -OCH3 is 1. The number of ether oxygens (including phenoxy) is 5. The van der Waals surface area contributed by atoms with Crippen molar-refractivity contribution < 1.29 is 28.5 Å². The van der Waals surface area contributed by atoms with Gasteiger partial charge in [-0.2, -0.15) is 0 Å². The fraction of sp³-hybridized carbons (Fsp3) is 0.706. The summed E-state index contributed by atoms with van der Waals surface area (Å²) in [5.74, 6) is -0.914. The van der Waals surface area contributed by atoms with E-state index in [2.05, 4.69) is 0 Å². The molecule has 0 aliphatic carbocycles. The lowest BCUT2D eigenvalue weighted by atomic mass is 10.1. The molecule has 1 heterocycles. The van der Waals surface area contributed by atoms with Crippen LogP contribution in [-0.4, -0.2) is 51.1 Å². The first-order chi connectivity index (χ1) is 10.9. The highest BCUT2D eigenvalue weighted by Gasteiger charge is 2.33. The smallest absolute Gasteiger partial charge is 0.330 e. The fourth-order valence-corrected chi connectivity index (χ4v) is 2.22. The second-order valence-electron chi connectivity index (χ2n) is 5.79. The van der Waals surface area contributed by atoms with Gasteiger partial charge in [0.2, 0.25) is 0 Å². The van der Waals surface area contributed by atoms with Crippen molar-refractivity contribution in [2.45, 2.75) is 52.1 Å². The molecule has 0 unspecified atom stereocenters. The maximum atomic E-state index is 11.3. The van der Waals surface area contributed by atoms with E-state index in [4.69, 9.17) is 23.7 Å². The maximum Gasteiger partial charge on any atom is 0.330 e. The number of carbonyl (C=O) groups is 1. The highest BCUT2D eigenvalue weighted by Crippen LogP contribution is 2.26. The summed E-state index contributed by atoms with van der Waals surface area (Å²) in [6.45, 7) is 8.53. The molecule has 6 heteroatoms. The molecule has 0 aromatic rings. The Bertz CT molecular complexity index is 427. The minimum Gasteiger partial charge on any atom is -0.463 e. The van der Waals surface area contributed by atoms with Crippen molar-refractivity contribution >= 4 is 5.97 Å². The molecule has 0 saturated carbocycles. The van der Waals surface area contributed by atoms with Crippen molar-refractivity contribution in [1.82, 2.24) is 0 Å². The van der Waals surface area contributed by atoms with Crippen LogP contribution >= 0.6 is 0 Å². The zero-order valence-electron chi connectivity index (χ0n) is 14.7. The largest absolute Gasteiger partial charge is 0.463 e. The Morgan fingerprint density at radius 2 is 2.13 bits per heavy atom. The van der Waals surface area contributed by atoms with Gasteiger partial charge in [0.25, 0.3) is 0 Å². The van der Waals surface area contributed by atoms with Crippen LogP contribution in [0.25, 0.3) is 0 Å². The molecule has 1 fully saturated rings. The van der Waals surface area contributed by atoms with E-state index in [0.717, 1.165) is 5.57 Å². The summed E-state index contributed by atoms with van der Waals surface area (Å²) in [6.07, 6.45) is 5.47. The van der Waals surface area contributed by atoms with E-state index in [-0.39, 0.29) is 25.0 Å². The second-order valence-corrected chi connectivity index (χ2v) is 5.79. The Hall–Kier alpha value is -1.21. The van der Waals surface area contributed by atoms with E-state index in [1.165, 1.54) is 6.08 Å². The van der Waals surface area contributed by atoms with Gasteiger partial charge in [0.15, 0.2) is 5.79 Å². The first-order valence-electron chi connectivity index (χ1n) is 7.82. The molecular formula is C17H28O6. The van der Waals surface area contributed by atoms with E-state index < -0.39 is 5.79 Å². The summed E-state index contributed by atoms with van der Waals surface area (Å²) in [4.78, 5) is 11.3. The predicted octanol–water partition coefficient (Wildman–Crippen LogP) is 2.58. The van der Waals surface area contributed by atoms with Gasteiger partial charge in [-0.3, -0.25) is 0 Å². The molecule has 0 N–H and O–H groups in total. The molecule has 0 amide bonds. The summed E-state index contributed by atoms with van der Waals surface area (Å²) < 4.78 is 26.9. The normalized spacial score (nSPS) is 22.5. The molecule has 132 valence electrons. The van der Waals surface area contributed by atoms with Gasteiger partial charge in [-0.05, 0) is 27.7 Å². The van der Waals surface area contributed by atoms with E-state index in [9.17, 15) is 4.79 Å². The number of hydrogen-bond donors (Lipinski definition) is 0. The molecule has 0 bridgehead atoms. The van der Waals surface area contributed by atoms with Crippen molar-refractivity contribution in [2.75, 3.05) is 27.1 Å². The van der Waals surface area contributed by atoms with Crippen LogP contribution in [0.4, 0.5) is 0 Å². The third kappa shape index (κ3) is 8.27. The summed E-state index contributed by atoms with van der Waals surface area (Å²) in [6, 6.07) is 0. The number of hydrogen-bond acceptors (Lipinski definition) is 6. The molecule has 0 aromatic heterocycles. The molecule has 2 atom stereocenters. The summed E-state index contributed by atoms with van der Waals surface area (Å²) in [5.41, 5.74) is 0.900. The van der Waals surface area contributed by atoms with Crippen molar-refractivity contribution in [3.8, 4) is 0 Å². The molecule has 1 saturated heterocycles. The number of esters is 1. The van der Waals surface area contributed by atoms with Crippen LogP contribution in [-0.2, 0) is 28.5 Å². The molecule has 1 aliphatic rings. The van der Waals surface area contributed by atoms with E-state index in [1.807, 2.05) is 26.8 Å². The average Bonchev–Trinajstić information content (AvgIpc) is 2.82. The molecule has 0 aromatic carbocycles. The van der Waals surface area contributed by atoms with Crippen molar-refractivity contribution in [2.24, 2.45) is 0 Å². The van der Waals surface area contributed by atoms with Gasteiger partial charge in [0.1, 0.15) is 6.79 Å². The Morgan fingerprint density at radius 3 is 2.70 bits per heavy atom. The topological polar surface area (TPSA) is 63.2 Å². The third-order valence-electron chi connectivity index (χ3n) is 3.18. The highest BCUT2D eigenvalue weighted by molar-refractivity contribution is 5.82. The maximum absolute atomic E-state index is 11.3. The van der Waals surface area contributed by atoms with Gasteiger partial charge in [-0.1, -0.05) is 17.7 Å². The first kappa shape index (κ1) is 19.8. The van der Waals surface area contributed by atoms with Crippen LogP contribution in [0.2, 0.25) is 0 Å². The Kier molecular flexibility index (Phi) is 8.47. The van der Waals surface area contributed by atoms with Crippen LogP contribution in [0, 0.1) is 0 Å². The molecule has 1 rings (SSSR count). The fourth-order valence-electron chi connectivity index (χ4n) is 2.22. The van der Waals surface area contributed by atoms with Gasteiger partial charge in [0.05, 0.1) is 25.4 Å². The lowest BCUT2D eigenvalue weighted by Gasteiger charge is -2.20. The summed E-state index contributed by atoms with van der Waals surface area (Å²) >= 11 is 0. The van der Waals surface area contributed by atoms with Crippen molar-refractivity contribution in [3.05, 3.63) is 23.8 Å². The standard InChI is InChI=1S/C17H28O6/c1-6-20-16(18)8-7-13(2)9-14(21-12-19-5)10-15-11-22-17(3,4)23-15/h7-9,14-15H,6,10-12H2,1-5H3/b8-7+,13-9+/t14-,15-/m1/s1. The Labute approximate surface area is 138 Å². The zero-order valence-corrected chi connectivity index (χ0v) is 14.7. The van der Waals surface area contributed by atoms with E-state index >= 15 is 0 Å². The van der Waals surface area contributed by atoms with Crippen molar-refractivity contribution in [1.29, 1.82) is 0 Å². The minimum absolute atomic E-state index is 0.0371. The van der Waals surface area contributed by atoms with Crippen LogP contribution < -0.4 is 0 Å². The van der Waals surface area contributed by atoms with Crippen LogP contribution in [0.3, 0.4) is 0 Å². The third-order valence-corrected chi connectivity index (χ3v) is 3.18. The van der Waals surface area contributed by atoms with Gasteiger partial charge in [0, 0.05) is 19.6 Å². The number of carbonyl (C=O) groups excluding carboxylic acids is 1. The lowest BCUT2D eigenvalue weighted by Crippen LogP contribution is -2.25. The summed E-state index contributed by atoms with van der Waals surface area (Å²) in [5, 5.41) is 0. The van der Waals surface area contributed by atoms with Gasteiger partial charge >= 0.3 is 5.97 Å². The summed E-state index contributed by atoms with van der Waals surface area (Å²) in [7, 11) is 1.58. The molecule has 23 heavy (non-hydrogen) atoms. The number of rotatable bonds is 9. The molecular weight excluding hydrogens is 300 g/mol. The van der Waals surface area contributed by atoms with Crippen LogP contribution in [0.5, 0.6) is 0 Å².